The lowest BCUT2D eigenvalue weighted by molar-refractivity contribution is -0.145. The summed E-state index contributed by atoms with van der Waals surface area (Å²) in [5.41, 5.74) is -1.19. The summed E-state index contributed by atoms with van der Waals surface area (Å²) < 4.78 is 0. The van der Waals surface area contributed by atoms with Crippen molar-refractivity contribution in [2.75, 3.05) is 13.7 Å². The van der Waals surface area contributed by atoms with Gasteiger partial charge in [-0.2, -0.15) is 0 Å². The SMILES string of the molecule is CN[C@@](C)(CO)C(=O)O. The number of rotatable bonds is 3. The molecule has 0 aliphatic heterocycles. The Kier molecular flexibility index (Phi) is 2.61. The second-order valence-corrected chi connectivity index (χ2v) is 2.05. The second kappa shape index (κ2) is 2.80. The van der Waals surface area contributed by atoms with Gasteiger partial charge in [-0.05, 0) is 14.0 Å². The Morgan fingerprint density at radius 3 is 2.22 bits per heavy atom. The molecule has 0 amide bonds. The topological polar surface area (TPSA) is 69.6 Å². The Hall–Kier alpha value is -0.610. The number of carboxylic acids is 1. The van der Waals surface area contributed by atoms with Crippen LogP contribution in [0.5, 0.6) is 0 Å². The molecule has 0 saturated carbocycles. The van der Waals surface area contributed by atoms with Crippen molar-refractivity contribution in [3.63, 3.8) is 0 Å². The minimum absolute atomic E-state index is 0.404. The van der Waals surface area contributed by atoms with E-state index in [0.29, 0.717) is 0 Å². The summed E-state index contributed by atoms with van der Waals surface area (Å²) >= 11 is 0. The van der Waals surface area contributed by atoms with Crippen LogP contribution < -0.4 is 5.32 Å². The van der Waals surface area contributed by atoms with Crippen molar-refractivity contribution < 1.29 is 15.0 Å². The number of hydrogen-bond acceptors (Lipinski definition) is 3. The van der Waals surface area contributed by atoms with E-state index in [0.717, 1.165) is 0 Å². The minimum Gasteiger partial charge on any atom is -0.480 e. The van der Waals surface area contributed by atoms with Crippen molar-refractivity contribution in [1.29, 1.82) is 0 Å². The van der Waals surface area contributed by atoms with E-state index >= 15 is 0 Å². The summed E-state index contributed by atoms with van der Waals surface area (Å²) in [4.78, 5) is 10.3. The first kappa shape index (κ1) is 8.39. The van der Waals surface area contributed by atoms with Crippen LogP contribution in [0.15, 0.2) is 0 Å². The molecule has 4 heteroatoms. The van der Waals surface area contributed by atoms with Crippen molar-refractivity contribution in [2.45, 2.75) is 12.5 Å². The van der Waals surface area contributed by atoms with Crippen LogP contribution in [0, 0.1) is 0 Å². The molecule has 0 fully saturated rings. The molecular weight excluding hydrogens is 122 g/mol. The molecule has 0 aliphatic rings. The van der Waals surface area contributed by atoms with E-state index in [9.17, 15) is 4.79 Å². The van der Waals surface area contributed by atoms with E-state index < -0.39 is 18.1 Å². The Morgan fingerprint density at radius 2 is 2.22 bits per heavy atom. The maximum absolute atomic E-state index is 10.3. The van der Waals surface area contributed by atoms with Crippen LogP contribution >= 0.6 is 0 Å². The molecule has 4 nitrogen and oxygen atoms in total. The maximum atomic E-state index is 10.3. The molecule has 0 bridgehead atoms. The highest BCUT2D eigenvalue weighted by Crippen LogP contribution is 1.99. The monoisotopic (exact) mass is 133 g/mol. The van der Waals surface area contributed by atoms with E-state index in [1.54, 1.807) is 0 Å². The zero-order valence-electron chi connectivity index (χ0n) is 5.51. The van der Waals surface area contributed by atoms with Crippen molar-refractivity contribution in [3.05, 3.63) is 0 Å². The van der Waals surface area contributed by atoms with Gasteiger partial charge in [0.25, 0.3) is 0 Å². The van der Waals surface area contributed by atoms with Gasteiger partial charge in [0.2, 0.25) is 0 Å². The smallest absolute Gasteiger partial charge is 0.326 e. The molecule has 54 valence electrons. The van der Waals surface area contributed by atoms with Crippen LogP contribution in [0.2, 0.25) is 0 Å². The molecule has 0 spiro atoms. The quantitative estimate of drug-likeness (QED) is 0.464. The van der Waals surface area contributed by atoms with Gasteiger partial charge in [-0.1, -0.05) is 0 Å². The molecule has 0 aliphatic carbocycles. The van der Waals surface area contributed by atoms with Gasteiger partial charge < -0.3 is 15.5 Å². The van der Waals surface area contributed by atoms with E-state index in [2.05, 4.69) is 5.32 Å². The molecule has 0 heterocycles. The molecule has 0 rings (SSSR count). The van der Waals surface area contributed by atoms with Gasteiger partial charge in [-0.3, -0.25) is 4.79 Å². The zero-order chi connectivity index (χ0) is 7.49. The molecule has 0 unspecified atom stereocenters. The van der Waals surface area contributed by atoms with Gasteiger partial charge >= 0.3 is 5.97 Å². The number of carbonyl (C=O) groups is 1. The fourth-order valence-corrected chi connectivity index (χ4v) is 0.254. The standard InChI is InChI=1S/C5H11NO3/c1-5(3-7,6-2)4(8)9/h6-7H,3H2,1-2H3,(H,8,9)/t5-/m0/s1. The lowest BCUT2D eigenvalue weighted by Gasteiger charge is -2.20. The number of likely N-dealkylation sites (N-methyl/N-ethyl adjacent to an activating group) is 1. The van der Waals surface area contributed by atoms with E-state index in [4.69, 9.17) is 10.2 Å². The normalized spacial score (nSPS) is 16.8. The minimum atomic E-state index is -1.19. The highest BCUT2D eigenvalue weighted by molar-refractivity contribution is 5.78. The third kappa shape index (κ3) is 1.65. The van der Waals surface area contributed by atoms with E-state index in [-0.39, 0.29) is 0 Å². The van der Waals surface area contributed by atoms with E-state index in [1.165, 1.54) is 14.0 Å². The number of aliphatic hydroxyl groups excluding tert-OH is 1. The number of hydrogen-bond donors (Lipinski definition) is 3. The summed E-state index contributed by atoms with van der Waals surface area (Å²) in [6, 6.07) is 0. The first-order valence-corrected chi connectivity index (χ1v) is 2.60. The van der Waals surface area contributed by atoms with Crippen LogP contribution in [-0.4, -0.2) is 35.4 Å². The average Bonchev–Trinajstić information content (AvgIpc) is 1.86. The summed E-state index contributed by atoms with van der Waals surface area (Å²) in [6.07, 6.45) is 0. The van der Waals surface area contributed by atoms with Crippen LogP contribution in [0.25, 0.3) is 0 Å². The summed E-state index contributed by atoms with van der Waals surface area (Å²) in [5, 5.41) is 19.4. The van der Waals surface area contributed by atoms with Gasteiger partial charge in [0.1, 0.15) is 5.54 Å². The zero-order valence-corrected chi connectivity index (χ0v) is 5.51. The van der Waals surface area contributed by atoms with Crippen molar-refractivity contribution in [3.8, 4) is 0 Å². The predicted octanol–water partition coefficient (Wildman–Crippen LogP) is -0.959. The summed E-state index contributed by atoms with van der Waals surface area (Å²) in [7, 11) is 1.49. The van der Waals surface area contributed by atoms with Gasteiger partial charge in [0, 0.05) is 0 Å². The molecular formula is C5H11NO3. The number of aliphatic hydroxyl groups is 1. The van der Waals surface area contributed by atoms with Gasteiger partial charge in [-0.25, -0.2) is 0 Å². The summed E-state index contributed by atoms with van der Waals surface area (Å²) in [5.74, 6) is -1.05. The lowest BCUT2D eigenvalue weighted by Crippen LogP contribution is -2.50. The van der Waals surface area contributed by atoms with Gasteiger partial charge in [0.15, 0.2) is 0 Å². The molecule has 0 aromatic heterocycles. The molecule has 1 atom stereocenters. The first-order chi connectivity index (χ1) is 4.06. The Labute approximate surface area is 53.5 Å². The van der Waals surface area contributed by atoms with Gasteiger partial charge in [0.05, 0.1) is 6.61 Å². The van der Waals surface area contributed by atoms with Crippen LogP contribution in [0.1, 0.15) is 6.92 Å². The fraction of sp³-hybridized carbons (Fsp3) is 0.800. The Balaban J connectivity index is 4.09. The lowest BCUT2D eigenvalue weighted by atomic mass is 10.1. The van der Waals surface area contributed by atoms with Crippen LogP contribution in [0.4, 0.5) is 0 Å². The fourth-order valence-electron chi connectivity index (χ4n) is 0.254. The number of nitrogens with one attached hydrogen (secondary N) is 1. The maximum Gasteiger partial charge on any atom is 0.326 e. The average molecular weight is 133 g/mol. The molecule has 0 radical (unpaired) electrons. The number of carboxylic acid groups (broad SMARTS) is 1. The van der Waals surface area contributed by atoms with E-state index in [1.807, 2.05) is 0 Å². The van der Waals surface area contributed by atoms with Crippen LogP contribution in [-0.2, 0) is 4.79 Å². The van der Waals surface area contributed by atoms with Crippen LogP contribution in [0.3, 0.4) is 0 Å². The van der Waals surface area contributed by atoms with Crippen molar-refractivity contribution in [2.24, 2.45) is 0 Å². The highest BCUT2D eigenvalue weighted by atomic mass is 16.4. The number of aliphatic carboxylic acids is 1. The first-order valence-electron chi connectivity index (χ1n) is 2.60. The second-order valence-electron chi connectivity index (χ2n) is 2.05. The Bertz CT molecular complexity index is 109. The molecule has 0 aromatic carbocycles. The van der Waals surface area contributed by atoms with Crippen molar-refractivity contribution >= 4 is 5.97 Å². The summed E-state index contributed by atoms with van der Waals surface area (Å²) in [6.45, 7) is 1.01. The third-order valence-electron chi connectivity index (χ3n) is 1.34. The Morgan fingerprint density at radius 1 is 1.78 bits per heavy atom. The molecule has 0 aromatic rings. The van der Waals surface area contributed by atoms with Crippen molar-refractivity contribution in [1.82, 2.24) is 5.32 Å². The predicted molar refractivity (Wildman–Crippen MR) is 32.2 cm³/mol. The molecule has 9 heavy (non-hydrogen) atoms. The largest absolute Gasteiger partial charge is 0.480 e. The van der Waals surface area contributed by atoms with Gasteiger partial charge in [-0.15, -0.1) is 0 Å². The molecule has 3 N–H and O–H groups in total. The third-order valence-corrected chi connectivity index (χ3v) is 1.34. The highest BCUT2D eigenvalue weighted by Gasteiger charge is 2.29. The molecule has 0 saturated heterocycles.